The zero-order chi connectivity index (χ0) is 16.8. The number of rotatable bonds is 0. The summed E-state index contributed by atoms with van der Waals surface area (Å²) in [6, 6.07) is 6.90. The Morgan fingerprint density at radius 3 is 2.52 bits per heavy atom. The van der Waals surface area contributed by atoms with E-state index in [1.165, 1.54) is 16.8 Å². The van der Waals surface area contributed by atoms with Crippen molar-refractivity contribution < 1.29 is 4.42 Å². The summed E-state index contributed by atoms with van der Waals surface area (Å²) < 4.78 is 5.81. The van der Waals surface area contributed by atoms with E-state index in [0.29, 0.717) is 0 Å². The summed E-state index contributed by atoms with van der Waals surface area (Å²) in [7, 11) is 0. The Kier molecular flexibility index (Phi) is 2.58. The number of nitrogens with zero attached hydrogens (tertiary/aromatic N) is 2. The second kappa shape index (κ2) is 4.00. The lowest BCUT2D eigenvalue weighted by Gasteiger charge is -2.61. The Morgan fingerprint density at radius 1 is 1.13 bits per heavy atom. The number of fused-ring (bicyclic) bond motifs is 5. The van der Waals surface area contributed by atoms with Gasteiger partial charge in [0.1, 0.15) is 5.69 Å². The van der Waals surface area contributed by atoms with Gasteiger partial charge in [-0.25, -0.2) is 4.98 Å². The summed E-state index contributed by atoms with van der Waals surface area (Å²) in [6.07, 6.45) is 1.61. The lowest BCUT2D eigenvalue weighted by molar-refractivity contribution is 0.0625. The van der Waals surface area contributed by atoms with Crippen molar-refractivity contribution in [1.29, 1.82) is 0 Å². The maximum absolute atomic E-state index is 5.81. The van der Waals surface area contributed by atoms with E-state index in [1.54, 1.807) is 6.39 Å². The van der Waals surface area contributed by atoms with Crippen LogP contribution in [0.3, 0.4) is 0 Å². The molecular weight excluding hydrogens is 284 g/mol. The topological polar surface area (TPSA) is 29.3 Å². The predicted octanol–water partition coefficient (Wildman–Crippen LogP) is 5.10. The summed E-state index contributed by atoms with van der Waals surface area (Å²) in [5.74, 6) is 1.02. The molecule has 2 aromatic rings. The van der Waals surface area contributed by atoms with Gasteiger partial charge in [-0.05, 0) is 37.3 Å². The number of hydrogen-bond donors (Lipinski definition) is 0. The van der Waals surface area contributed by atoms with Crippen molar-refractivity contribution in [2.75, 3.05) is 4.90 Å². The molecule has 23 heavy (non-hydrogen) atoms. The normalized spacial score (nSPS) is 29.9. The van der Waals surface area contributed by atoms with Crippen molar-refractivity contribution in [2.24, 2.45) is 5.41 Å². The molecule has 122 valence electrons. The van der Waals surface area contributed by atoms with E-state index in [0.717, 1.165) is 11.5 Å². The molecule has 1 aromatic carbocycles. The van der Waals surface area contributed by atoms with E-state index >= 15 is 0 Å². The van der Waals surface area contributed by atoms with Crippen molar-refractivity contribution in [3.8, 4) is 0 Å². The number of para-hydroxylation sites is 1. The van der Waals surface area contributed by atoms with Gasteiger partial charge in [0.05, 0.1) is 11.6 Å². The zero-order valence-electron chi connectivity index (χ0n) is 15.2. The molecule has 3 nitrogen and oxygen atoms in total. The second-order valence-corrected chi connectivity index (χ2v) is 8.40. The highest BCUT2D eigenvalue weighted by Gasteiger charge is 2.65. The molecule has 2 aliphatic heterocycles. The average molecular weight is 310 g/mol. The monoisotopic (exact) mass is 310 g/mol. The predicted molar refractivity (Wildman–Crippen MR) is 92.7 cm³/mol. The summed E-state index contributed by atoms with van der Waals surface area (Å²) in [5.41, 5.74) is 5.07. The van der Waals surface area contributed by atoms with Gasteiger partial charge in [0, 0.05) is 11.1 Å². The summed E-state index contributed by atoms with van der Waals surface area (Å²) in [4.78, 5) is 7.22. The van der Waals surface area contributed by atoms with Gasteiger partial charge >= 0.3 is 0 Å². The van der Waals surface area contributed by atoms with Crippen LogP contribution in [-0.4, -0.2) is 4.98 Å². The van der Waals surface area contributed by atoms with E-state index in [1.807, 2.05) is 0 Å². The molecule has 0 amide bonds. The van der Waals surface area contributed by atoms with Crippen LogP contribution < -0.4 is 4.90 Å². The van der Waals surface area contributed by atoms with Gasteiger partial charge in [0.15, 0.2) is 12.2 Å². The molecule has 0 aliphatic carbocycles. The fourth-order valence-electron chi connectivity index (χ4n) is 4.98. The van der Waals surface area contributed by atoms with E-state index < -0.39 is 0 Å². The molecule has 0 bridgehead atoms. The molecule has 0 saturated heterocycles. The van der Waals surface area contributed by atoms with Crippen LogP contribution in [0.4, 0.5) is 5.69 Å². The van der Waals surface area contributed by atoms with Crippen molar-refractivity contribution in [1.82, 2.24) is 4.98 Å². The van der Waals surface area contributed by atoms with Crippen molar-refractivity contribution in [2.45, 2.75) is 65.5 Å². The number of aromatic nitrogens is 1. The molecular formula is C20H26N2O. The van der Waals surface area contributed by atoms with Crippen LogP contribution in [0.15, 0.2) is 29.0 Å². The van der Waals surface area contributed by atoms with Crippen LogP contribution in [-0.2, 0) is 11.0 Å². The van der Waals surface area contributed by atoms with Crippen LogP contribution in [0.5, 0.6) is 0 Å². The third-order valence-corrected chi connectivity index (χ3v) is 7.24. The van der Waals surface area contributed by atoms with Gasteiger partial charge in [-0.15, -0.1) is 0 Å². The van der Waals surface area contributed by atoms with Crippen molar-refractivity contribution >= 4 is 5.69 Å². The Balaban J connectivity index is 2.15. The molecule has 4 rings (SSSR count). The Hall–Kier alpha value is -1.77. The minimum atomic E-state index is -0.183. The molecule has 0 fully saturated rings. The SMILES string of the molecule is Cc1cccc2c1N1C(C)c3ocnc3C1(C)C(C)(C)C2(C)C. The molecule has 0 spiro atoms. The minimum absolute atomic E-state index is 0.00280. The van der Waals surface area contributed by atoms with Gasteiger partial charge in [0.25, 0.3) is 0 Å². The lowest BCUT2D eigenvalue weighted by Crippen LogP contribution is -2.62. The first-order chi connectivity index (χ1) is 10.7. The fraction of sp³-hybridized carbons (Fsp3) is 0.550. The zero-order valence-corrected chi connectivity index (χ0v) is 15.2. The maximum Gasteiger partial charge on any atom is 0.181 e. The highest BCUT2D eigenvalue weighted by Crippen LogP contribution is 2.67. The van der Waals surface area contributed by atoms with E-state index in [-0.39, 0.29) is 22.4 Å². The Morgan fingerprint density at radius 2 is 1.83 bits per heavy atom. The first kappa shape index (κ1) is 14.8. The third kappa shape index (κ3) is 1.36. The first-order valence-electron chi connectivity index (χ1n) is 8.49. The molecule has 2 aliphatic rings. The standard InChI is InChI=1S/C20H26N2O/c1-12-9-8-10-14-15(12)22-13(2)16-17(21-11-23-16)20(22,7)19(5,6)18(14,3)4/h8-11,13H,1-7H3. The van der Waals surface area contributed by atoms with Crippen molar-refractivity contribution in [3.63, 3.8) is 0 Å². The largest absolute Gasteiger partial charge is 0.446 e. The van der Waals surface area contributed by atoms with Crippen LogP contribution in [0.2, 0.25) is 0 Å². The van der Waals surface area contributed by atoms with Gasteiger partial charge in [-0.1, -0.05) is 45.9 Å². The highest BCUT2D eigenvalue weighted by atomic mass is 16.3. The maximum atomic E-state index is 5.81. The number of hydrogen-bond acceptors (Lipinski definition) is 3. The second-order valence-electron chi connectivity index (χ2n) is 8.40. The molecule has 0 N–H and O–H groups in total. The smallest absolute Gasteiger partial charge is 0.181 e. The van der Waals surface area contributed by atoms with E-state index in [2.05, 4.69) is 76.5 Å². The lowest BCUT2D eigenvalue weighted by atomic mass is 9.52. The van der Waals surface area contributed by atoms with Crippen LogP contribution in [0.25, 0.3) is 0 Å². The van der Waals surface area contributed by atoms with Crippen LogP contribution in [0, 0.1) is 12.3 Å². The quantitative estimate of drug-likeness (QED) is 0.678. The number of oxazole rings is 1. The summed E-state index contributed by atoms with van der Waals surface area (Å²) in [5, 5.41) is 0. The molecule has 0 saturated carbocycles. The van der Waals surface area contributed by atoms with E-state index in [4.69, 9.17) is 4.42 Å². The third-order valence-electron chi connectivity index (χ3n) is 7.24. The van der Waals surface area contributed by atoms with Gasteiger partial charge in [-0.2, -0.15) is 0 Å². The summed E-state index contributed by atoms with van der Waals surface area (Å²) >= 11 is 0. The van der Waals surface area contributed by atoms with Gasteiger partial charge in [-0.3, -0.25) is 0 Å². The molecule has 0 radical (unpaired) electrons. The summed E-state index contributed by atoms with van der Waals surface area (Å²) in [6.45, 7) is 16.3. The highest BCUT2D eigenvalue weighted by molar-refractivity contribution is 5.71. The van der Waals surface area contributed by atoms with Crippen LogP contribution >= 0.6 is 0 Å². The number of anilines is 1. The molecule has 3 heterocycles. The molecule has 2 atom stereocenters. The first-order valence-corrected chi connectivity index (χ1v) is 8.49. The Bertz CT molecular complexity index is 802. The molecule has 3 heteroatoms. The molecule has 1 aromatic heterocycles. The number of benzene rings is 1. The number of aryl methyl sites for hydroxylation is 1. The van der Waals surface area contributed by atoms with Crippen molar-refractivity contribution in [3.05, 3.63) is 47.2 Å². The van der Waals surface area contributed by atoms with E-state index in [9.17, 15) is 0 Å². The van der Waals surface area contributed by atoms with Gasteiger partial charge in [0.2, 0.25) is 0 Å². The fourth-order valence-corrected chi connectivity index (χ4v) is 4.98. The average Bonchev–Trinajstić information content (AvgIpc) is 3.03. The Labute approximate surface area is 138 Å². The van der Waals surface area contributed by atoms with Gasteiger partial charge < -0.3 is 9.32 Å². The molecule has 2 unspecified atom stereocenters. The van der Waals surface area contributed by atoms with Crippen LogP contribution in [0.1, 0.15) is 70.2 Å². The minimum Gasteiger partial charge on any atom is -0.446 e.